The van der Waals surface area contributed by atoms with Gasteiger partial charge in [-0.2, -0.15) is 5.10 Å². The summed E-state index contributed by atoms with van der Waals surface area (Å²) in [4.78, 5) is 26.2. The number of fused-ring (bicyclic) bond motifs is 1. The molecule has 0 radical (unpaired) electrons. The van der Waals surface area contributed by atoms with E-state index in [-0.39, 0.29) is 12.0 Å². The molecule has 1 N–H and O–H groups in total. The number of H-pyrrole nitrogens is 1. The maximum atomic E-state index is 13.0. The van der Waals surface area contributed by atoms with Gasteiger partial charge in [-0.3, -0.25) is 9.89 Å². The van der Waals surface area contributed by atoms with Crippen LogP contribution in [0.25, 0.3) is 0 Å². The number of aromatic amines is 1. The molecule has 0 bridgehead atoms. The van der Waals surface area contributed by atoms with Crippen molar-refractivity contribution >= 4 is 11.9 Å². The van der Waals surface area contributed by atoms with Crippen LogP contribution in [0.15, 0.2) is 12.3 Å². The van der Waals surface area contributed by atoms with Crippen molar-refractivity contribution in [1.29, 1.82) is 0 Å². The molecule has 0 saturated carbocycles. The number of rotatable bonds is 3. The van der Waals surface area contributed by atoms with Gasteiger partial charge in [0.2, 0.25) is 5.95 Å². The monoisotopic (exact) mass is 368 g/mol. The zero-order valence-corrected chi connectivity index (χ0v) is 15.4. The topological polar surface area (TPSA) is 87.2 Å². The Kier molecular flexibility index (Phi) is 4.27. The molecule has 2 saturated heterocycles. The first-order chi connectivity index (χ1) is 13.3. The van der Waals surface area contributed by atoms with Crippen molar-refractivity contribution in [2.45, 2.75) is 38.2 Å². The maximum Gasteiger partial charge on any atom is 0.274 e. The third-order valence-corrected chi connectivity index (χ3v) is 5.75. The highest BCUT2D eigenvalue weighted by molar-refractivity contribution is 5.94. The summed E-state index contributed by atoms with van der Waals surface area (Å²) in [5, 5.41) is 7.32. The number of carbonyl (C=O) groups is 1. The van der Waals surface area contributed by atoms with Gasteiger partial charge in [-0.15, -0.1) is 0 Å². The molecule has 0 spiro atoms. The van der Waals surface area contributed by atoms with Crippen molar-refractivity contribution < 1.29 is 9.53 Å². The molecule has 2 fully saturated rings. The van der Waals surface area contributed by atoms with Gasteiger partial charge >= 0.3 is 0 Å². The Morgan fingerprint density at radius 2 is 2.07 bits per heavy atom. The van der Waals surface area contributed by atoms with Crippen LogP contribution in [-0.2, 0) is 17.6 Å². The second kappa shape index (κ2) is 6.92. The molecular formula is C19H24N6O2. The smallest absolute Gasteiger partial charge is 0.274 e. The van der Waals surface area contributed by atoms with Crippen molar-refractivity contribution in [3.05, 3.63) is 34.9 Å². The number of amides is 1. The predicted octanol–water partition coefficient (Wildman–Crippen LogP) is 1.50. The fraction of sp³-hybridized carbons (Fsp3) is 0.579. The maximum absolute atomic E-state index is 13.0. The molecule has 8 nitrogen and oxygen atoms in total. The Hall–Kier alpha value is -2.48. The van der Waals surface area contributed by atoms with Gasteiger partial charge in [0.1, 0.15) is 6.10 Å². The van der Waals surface area contributed by atoms with Crippen molar-refractivity contribution in [3.8, 4) is 0 Å². The van der Waals surface area contributed by atoms with Crippen molar-refractivity contribution in [1.82, 2.24) is 25.1 Å². The number of hydrogen-bond acceptors (Lipinski definition) is 6. The van der Waals surface area contributed by atoms with Gasteiger partial charge < -0.3 is 14.5 Å². The Morgan fingerprint density at radius 3 is 2.96 bits per heavy atom. The van der Waals surface area contributed by atoms with Crippen molar-refractivity contribution in [2.75, 3.05) is 37.7 Å². The minimum Gasteiger partial charge on any atom is -0.368 e. The highest BCUT2D eigenvalue weighted by Gasteiger charge is 2.31. The lowest BCUT2D eigenvalue weighted by molar-refractivity contribution is -0.0249. The highest BCUT2D eigenvalue weighted by atomic mass is 16.5. The van der Waals surface area contributed by atoms with E-state index in [9.17, 15) is 4.79 Å². The molecular weight excluding hydrogens is 344 g/mol. The number of nitrogens with one attached hydrogen (secondary N) is 1. The summed E-state index contributed by atoms with van der Waals surface area (Å²) < 4.78 is 5.94. The van der Waals surface area contributed by atoms with Crippen molar-refractivity contribution in [3.63, 3.8) is 0 Å². The molecule has 27 heavy (non-hydrogen) atoms. The standard InChI is InChI=1S/C19H24N6O2/c26-18(17-13-4-3-5-14(13)22-23-17)25-10-11-27-16(12-25)15-6-7-20-19(21-15)24-8-1-2-9-24/h6-7,16H,1-5,8-12H2,(H,22,23)/t16-/m1/s1. The highest BCUT2D eigenvalue weighted by Crippen LogP contribution is 2.27. The fourth-order valence-corrected chi connectivity index (χ4v) is 4.27. The van der Waals surface area contributed by atoms with E-state index in [1.165, 1.54) is 12.8 Å². The second-order valence-corrected chi connectivity index (χ2v) is 7.47. The zero-order chi connectivity index (χ0) is 18.2. The lowest BCUT2D eigenvalue weighted by atomic mass is 10.1. The molecule has 4 heterocycles. The van der Waals surface area contributed by atoms with E-state index in [1.54, 1.807) is 6.20 Å². The van der Waals surface area contributed by atoms with Gasteiger partial charge in [-0.1, -0.05) is 0 Å². The number of carbonyl (C=O) groups excluding carboxylic acids is 1. The summed E-state index contributed by atoms with van der Waals surface area (Å²) >= 11 is 0. The van der Waals surface area contributed by atoms with Crippen LogP contribution in [0, 0.1) is 0 Å². The molecule has 1 aliphatic carbocycles. The quantitative estimate of drug-likeness (QED) is 0.883. The van der Waals surface area contributed by atoms with Crippen LogP contribution in [0.3, 0.4) is 0 Å². The van der Waals surface area contributed by atoms with E-state index in [1.807, 2.05) is 11.0 Å². The lowest BCUT2D eigenvalue weighted by Crippen LogP contribution is -2.43. The van der Waals surface area contributed by atoms with E-state index >= 15 is 0 Å². The van der Waals surface area contributed by atoms with E-state index in [0.29, 0.717) is 25.4 Å². The number of nitrogens with zero attached hydrogens (tertiary/aromatic N) is 5. The second-order valence-electron chi connectivity index (χ2n) is 7.47. The minimum absolute atomic E-state index is 0.00322. The first-order valence-corrected chi connectivity index (χ1v) is 9.84. The molecule has 0 unspecified atom stereocenters. The van der Waals surface area contributed by atoms with Crippen LogP contribution < -0.4 is 4.90 Å². The van der Waals surface area contributed by atoms with Crippen LogP contribution in [0.5, 0.6) is 0 Å². The van der Waals surface area contributed by atoms with Gasteiger partial charge in [0, 0.05) is 37.1 Å². The molecule has 142 valence electrons. The van der Waals surface area contributed by atoms with Gasteiger partial charge in [0.05, 0.1) is 18.8 Å². The van der Waals surface area contributed by atoms with Gasteiger partial charge in [-0.05, 0) is 38.2 Å². The number of anilines is 1. The first-order valence-electron chi connectivity index (χ1n) is 9.84. The fourth-order valence-electron chi connectivity index (χ4n) is 4.27. The minimum atomic E-state index is -0.223. The Balaban J connectivity index is 1.33. The molecule has 2 aliphatic heterocycles. The van der Waals surface area contributed by atoms with Crippen LogP contribution >= 0.6 is 0 Å². The third-order valence-electron chi connectivity index (χ3n) is 5.75. The Morgan fingerprint density at radius 1 is 1.19 bits per heavy atom. The van der Waals surface area contributed by atoms with E-state index in [2.05, 4.69) is 20.1 Å². The lowest BCUT2D eigenvalue weighted by Gasteiger charge is -2.32. The average Bonchev–Trinajstić information content (AvgIpc) is 3.45. The largest absolute Gasteiger partial charge is 0.368 e. The number of ether oxygens (including phenoxy) is 1. The van der Waals surface area contributed by atoms with E-state index in [4.69, 9.17) is 9.72 Å². The molecule has 0 aromatic carbocycles. The normalized spacial score (nSPS) is 22.3. The van der Waals surface area contributed by atoms with Gasteiger partial charge in [0.25, 0.3) is 5.91 Å². The average molecular weight is 368 g/mol. The number of morpholine rings is 1. The summed E-state index contributed by atoms with van der Waals surface area (Å²) in [7, 11) is 0. The first kappa shape index (κ1) is 16.7. The summed E-state index contributed by atoms with van der Waals surface area (Å²) in [6, 6.07) is 1.89. The molecule has 2 aromatic rings. The number of aryl methyl sites for hydroxylation is 1. The molecule has 3 aliphatic rings. The Bertz CT molecular complexity index is 844. The molecule has 1 atom stereocenters. The summed E-state index contributed by atoms with van der Waals surface area (Å²) in [5.41, 5.74) is 3.65. The van der Waals surface area contributed by atoms with E-state index in [0.717, 1.165) is 55.3 Å². The number of aromatic nitrogens is 4. The SMILES string of the molecule is O=C(c1n[nH]c2c1CCC2)N1CCO[C@@H](c2ccnc(N3CCCC3)n2)C1. The zero-order valence-electron chi connectivity index (χ0n) is 15.4. The van der Waals surface area contributed by atoms with Crippen molar-refractivity contribution in [2.24, 2.45) is 0 Å². The van der Waals surface area contributed by atoms with Crippen LogP contribution in [-0.4, -0.2) is 63.8 Å². The predicted molar refractivity (Wildman–Crippen MR) is 98.7 cm³/mol. The Labute approximate surface area is 157 Å². The van der Waals surface area contributed by atoms with Crippen LogP contribution in [0.4, 0.5) is 5.95 Å². The molecule has 2 aromatic heterocycles. The van der Waals surface area contributed by atoms with Gasteiger partial charge in [0.15, 0.2) is 5.69 Å². The van der Waals surface area contributed by atoms with Crippen LogP contribution in [0.1, 0.15) is 52.8 Å². The number of hydrogen-bond donors (Lipinski definition) is 1. The third kappa shape index (κ3) is 3.07. The molecule has 1 amide bonds. The van der Waals surface area contributed by atoms with E-state index < -0.39 is 0 Å². The molecule has 5 rings (SSSR count). The van der Waals surface area contributed by atoms with Gasteiger partial charge in [-0.25, -0.2) is 9.97 Å². The summed E-state index contributed by atoms with van der Waals surface area (Å²) in [5.74, 6) is 0.763. The van der Waals surface area contributed by atoms with Crippen LogP contribution in [0.2, 0.25) is 0 Å². The summed E-state index contributed by atoms with van der Waals surface area (Å²) in [6.07, 6.45) is 6.95. The summed E-state index contributed by atoms with van der Waals surface area (Å²) in [6.45, 7) is 3.59. The molecule has 8 heteroatoms.